The van der Waals surface area contributed by atoms with E-state index in [4.69, 9.17) is 5.11 Å². The number of benzene rings is 1. The molecule has 23 heavy (non-hydrogen) atoms. The van der Waals surface area contributed by atoms with Crippen molar-refractivity contribution in [3.8, 4) is 5.75 Å². The van der Waals surface area contributed by atoms with E-state index in [1.54, 1.807) is 12.1 Å². The number of ether oxygens (including phenoxy) is 1. The molecule has 2 N–H and O–H groups in total. The predicted molar refractivity (Wildman–Crippen MR) is 78.3 cm³/mol. The largest absolute Gasteiger partial charge is 0.481 e. The lowest BCUT2D eigenvalue weighted by Crippen LogP contribution is -2.33. The SMILES string of the molecule is O=C(CCc1ccc(OC(F)F)cc1)N[C@H]1CC[C@@H](C(=O)O)C1. The zero-order valence-electron chi connectivity index (χ0n) is 12.5. The van der Waals surface area contributed by atoms with Crippen LogP contribution in [-0.4, -0.2) is 29.6 Å². The summed E-state index contributed by atoms with van der Waals surface area (Å²) in [6.45, 7) is -2.85. The van der Waals surface area contributed by atoms with Crippen LogP contribution in [0.15, 0.2) is 24.3 Å². The summed E-state index contributed by atoms with van der Waals surface area (Å²) >= 11 is 0. The van der Waals surface area contributed by atoms with E-state index in [0.29, 0.717) is 25.7 Å². The number of carbonyl (C=O) groups excluding carboxylic acids is 1. The molecule has 1 saturated carbocycles. The van der Waals surface area contributed by atoms with Gasteiger partial charge >= 0.3 is 12.6 Å². The Morgan fingerprint density at radius 2 is 1.96 bits per heavy atom. The Hall–Kier alpha value is -2.18. The zero-order chi connectivity index (χ0) is 16.8. The molecule has 0 unspecified atom stereocenters. The molecule has 0 saturated heterocycles. The molecule has 1 amide bonds. The van der Waals surface area contributed by atoms with E-state index in [1.807, 2.05) is 0 Å². The average molecular weight is 327 g/mol. The maximum Gasteiger partial charge on any atom is 0.387 e. The molecule has 0 radical (unpaired) electrons. The summed E-state index contributed by atoms with van der Waals surface area (Å²) in [4.78, 5) is 22.7. The number of nitrogens with one attached hydrogen (secondary N) is 1. The first kappa shape index (κ1) is 17.2. The van der Waals surface area contributed by atoms with Gasteiger partial charge in [-0.3, -0.25) is 9.59 Å². The number of aryl methyl sites for hydroxylation is 1. The van der Waals surface area contributed by atoms with Crippen LogP contribution in [0.1, 0.15) is 31.2 Å². The third-order valence-electron chi connectivity index (χ3n) is 3.94. The van der Waals surface area contributed by atoms with Crippen molar-refractivity contribution < 1.29 is 28.2 Å². The zero-order valence-corrected chi connectivity index (χ0v) is 12.5. The van der Waals surface area contributed by atoms with Crippen molar-refractivity contribution in [2.24, 2.45) is 5.92 Å². The van der Waals surface area contributed by atoms with E-state index in [2.05, 4.69) is 10.1 Å². The van der Waals surface area contributed by atoms with Crippen LogP contribution < -0.4 is 10.1 Å². The first-order valence-corrected chi connectivity index (χ1v) is 7.50. The van der Waals surface area contributed by atoms with E-state index in [1.165, 1.54) is 12.1 Å². The second-order valence-corrected chi connectivity index (χ2v) is 5.64. The number of hydrogen-bond donors (Lipinski definition) is 2. The van der Waals surface area contributed by atoms with Gasteiger partial charge < -0.3 is 15.2 Å². The number of carboxylic acid groups (broad SMARTS) is 1. The molecule has 2 rings (SSSR count). The lowest BCUT2D eigenvalue weighted by atomic mass is 10.1. The van der Waals surface area contributed by atoms with Gasteiger partial charge in [0.1, 0.15) is 5.75 Å². The number of carbonyl (C=O) groups is 2. The van der Waals surface area contributed by atoms with Crippen molar-refractivity contribution in [1.82, 2.24) is 5.32 Å². The van der Waals surface area contributed by atoms with Gasteiger partial charge in [0.2, 0.25) is 5.91 Å². The van der Waals surface area contributed by atoms with Crippen molar-refractivity contribution in [3.63, 3.8) is 0 Å². The minimum atomic E-state index is -2.85. The number of carboxylic acids is 1. The highest BCUT2D eigenvalue weighted by atomic mass is 19.3. The van der Waals surface area contributed by atoms with Crippen LogP contribution in [0.25, 0.3) is 0 Å². The van der Waals surface area contributed by atoms with Crippen LogP contribution in [0.5, 0.6) is 5.75 Å². The fourth-order valence-electron chi connectivity index (χ4n) is 2.73. The molecule has 2 atom stereocenters. The molecule has 1 aromatic carbocycles. The summed E-state index contributed by atoms with van der Waals surface area (Å²) in [7, 11) is 0. The molecule has 1 fully saturated rings. The Balaban J connectivity index is 1.73. The van der Waals surface area contributed by atoms with Crippen LogP contribution >= 0.6 is 0 Å². The highest BCUT2D eigenvalue weighted by molar-refractivity contribution is 5.77. The van der Waals surface area contributed by atoms with Gasteiger partial charge in [0, 0.05) is 12.5 Å². The molecule has 1 aliphatic rings. The number of aliphatic carboxylic acids is 1. The molecule has 0 aromatic heterocycles. The van der Waals surface area contributed by atoms with Crippen LogP contribution in [0.3, 0.4) is 0 Å². The topological polar surface area (TPSA) is 75.6 Å². The summed E-state index contributed by atoms with van der Waals surface area (Å²) in [6.07, 6.45) is 2.49. The molecule has 1 aliphatic carbocycles. The van der Waals surface area contributed by atoms with Gasteiger partial charge in [-0.05, 0) is 43.4 Å². The molecule has 126 valence electrons. The smallest absolute Gasteiger partial charge is 0.387 e. The molecular weight excluding hydrogens is 308 g/mol. The van der Waals surface area contributed by atoms with Crippen LogP contribution in [-0.2, 0) is 16.0 Å². The van der Waals surface area contributed by atoms with Crippen molar-refractivity contribution >= 4 is 11.9 Å². The number of rotatable bonds is 7. The standard InChI is InChI=1S/C16H19F2NO4/c17-16(18)23-13-6-1-10(2-7-13)3-8-14(20)19-12-5-4-11(9-12)15(21)22/h1-2,6-7,11-12,16H,3-5,8-9H2,(H,19,20)(H,21,22)/t11-,12+/m1/s1. The number of amides is 1. The van der Waals surface area contributed by atoms with Gasteiger partial charge in [0.25, 0.3) is 0 Å². The predicted octanol–water partition coefficient (Wildman–Crippen LogP) is 2.59. The molecule has 0 heterocycles. The molecule has 0 bridgehead atoms. The van der Waals surface area contributed by atoms with Gasteiger partial charge in [0.05, 0.1) is 5.92 Å². The summed E-state index contributed by atoms with van der Waals surface area (Å²) in [6, 6.07) is 6.08. The fraction of sp³-hybridized carbons (Fsp3) is 0.500. The molecule has 7 heteroatoms. The third-order valence-corrected chi connectivity index (χ3v) is 3.94. The Morgan fingerprint density at radius 3 is 2.52 bits per heavy atom. The van der Waals surface area contributed by atoms with Crippen LogP contribution in [0.4, 0.5) is 8.78 Å². The first-order chi connectivity index (χ1) is 10.9. The van der Waals surface area contributed by atoms with E-state index >= 15 is 0 Å². The molecule has 0 aliphatic heterocycles. The van der Waals surface area contributed by atoms with Gasteiger partial charge in [-0.25, -0.2) is 0 Å². The van der Waals surface area contributed by atoms with Crippen molar-refractivity contribution in [3.05, 3.63) is 29.8 Å². The van der Waals surface area contributed by atoms with E-state index in [9.17, 15) is 18.4 Å². The summed E-state index contributed by atoms with van der Waals surface area (Å²) in [5.41, 5.74) is 0.844. The lowest BCUT2D eigenvalue weighted by Gasteiger charge is -2.12. The quantitative estimate of drug-likeness (QED) is 0.807. The van der Waals surface area contributed by atoms with E-state index < -0.39 is 12.6 Å². The average Bonchev–Trinajstić information content (AvgIpc) is 2.95. The van der Waals surface area contributed by atoms with Gasteiger partial charge in [-0.1, -0.05) is 12.1 Å². The van der Waals surface area contributed by atoms with Crippen LogP contribution in [0.2, 0.25) is 0 Å². The summed E-state index contributed by atoms with van der Waals surface area (Å²) in [5.74, 6) is -1.23. The van der Waals surface area contributed by atoms with Gasteiger partial charge in [0.15, 0.2) is 0 Å². The van der Waals surface area contributed by atoms with E-state index in [0.717, 1.165) is 5.56 Å². The summed E-state index contributed by atoms with van der Waals surface area (Å²) in [5, 5.41) is 11.8. The molecular formula is C16H19F2NO4. The molecule has 5 nitrogen and oxygen atoms in total. The second-order valence-electron chi connectivity index (χ2n) is 5.64. The van der Waals surface area contributed by atoms with Crippen LogP contribution in [0, 0.1) is 5.92 Å². The normalized spacial score (nSPS) is 20.5. The monoisotopic (exact) mass is 327 g/mol. The van der Waals surface area contributed by atoms with E-state index in [-0.39, 0.29) is 30.0 Å². The number of halogens is 2. The summed E-state index contributed by atoms with van der Waals surface area (Å²) < 4.78 is 28.3. The maximum atomic E-state index is 12.0. The lowest BCUT2D eigenvalue weighted by molar-refractivity contribution is -0.141. The Kier molecular flexibility index (Phi) is 5.90. The first-order valence-electron chi connectivity index (χ1n) is 7.50. The fourth-order valence-corrected chi connectivity index (χ4v) is 2.73. The Labute approximate surface area is 132 Å². The second kappa shape index (κ2) is 7.89. The van der Waals surface area contributed by atoms with Crippen molar-refractivity contribution in [1.29, 1.82) is 0 Å². The maximum absolute atomic E-state index is 12.0. The number of hydrogen-bond acceptors (Lipinski definition) is 3. The molecule has 0 spiro atoms. The highest BCUT2D eigenvalue weighted by Crippen LogP contribution is 2.25. The van der Waals surface area contributed by atoms with Crippen molar-refractivity contribution in [2.75, 3.05) is 0 Å². The number of alkyl halides is 2. The minimum Gasteiger partial charge on any atom is -0.481 e. The Morgan fingerprint density at radius 1 is 1.26 bits per heavy atom. The Bertz CT molecular complexity index is 548. The molecule has 1 aromatic rings. The minimum absolute atomic E-state index is 0.0783. The van der Waals surface area contributed by atoms with Gasteiger partial charge in [-0.2, -0.15) is 8.78 Å². The highest BCUT2D eigenvalue weighted by Gasteiger charge is 2.30. The van der Waals surface area contributed by atoms with Crippen molar-refractivity contribution in [2.45, 2.75) is 44.8 Å². The van der Waals surface area contributed by atoms with Gasteiger partial charge in [-0.15, -0.1) is 0 Å². The third kappa shape index (κ3) is 5.50.